The fourth-order valence-electron chi connectivity index (χ4n) is 5.09. The zero-order valence-corrected chi connectivity index (χ0v) is 20.2. The van der Waals surface area contributed by atoms with E-state index in [2.05, 4.69) is 29.9 Å². The standard InChI is InChI=1S/C28H22F2N8/c29-28(30)3-6-38(16-28)15-17-7-19(10-32-9-17)20-8-21-23(13-35-26(21)34-11-20)27-36-24-14-33-12-22(25(24)37-27)18-1-4-31-5-2-18/h1-2,4-5,7-14H,3,6,15-16H2,(H,34,35)(H,36,37). The number of rotatable bonds is 5. The smallest absolute Gasteiger partial charge is 0.261 e. The maximum Gasteiger partial charge on any atom is 0.261 e. The van der Waals surface area contributed by atoms with Crippen LogP contribution in [0.15, 0.2) is 73.8 Å². The van der Waals surface area contributed by atoms with Crippen molar-refractivity contribution in [1.29, 1.82) is 0 Å². The molecule has 188 valence electrons. The number of H-pyrrole nitrogens is 2. The number of likely N-dealkylation sites (tertiary alicyclic amines) is 1. The Balaban J connectivity index is 1.24. The third kappa shape index (κ3) is 4.08. The maximum absolute atomic E-state index is 13.6. The molecule has 2 N–H and O–H groups in total. The van der Waals surface area contributed by atoms with Crippen LogP contribution in [-0.2, 0) is 6.54 Å². The summed E-state index contributed by atoms with van der Waals surface area (Å²) in [4.78, 5) is 30.8. The highest BCUT2D eigenvalue weighted by Crippen LogP contribution is 2.33. The van der Waals surface area contributed by atoms with Gasteiger partial charge in [-0.3, -0.25) is 19.9 Å². The van der Waals surface area contributed by atoms with E-state index in [1.165, 1.54) is 0 Å². The molecule has 0 spiro atoms. The second kappa shape index (κ2) is 8.77. The molecule has 0 aromatic carbocycles. The van der Waals surface area contributed by atoms with Gasteiger partial charge in [-0.1, -0.05) is 0 Å². The molecule has 6 aromatic heterocycles. The molecule has 1 aliphatic heterocycles. The molecule has 8 nitrogen and oxygen atoms in total. The number of aromatic amines is 2. The fourth-order valence-corrected chi connectivity index (χ4v) is 5.09. The van der Waals surface area contributed by atoms with E-state index in [4.69, 9.17) is 4.98 Å². The number of pyridine rings is 4. The summed E-state index contributed by atoms with van der Waals surface area (Å²) >= 11 is 0. The number of alkyl halides is 2. The van der Waals surface area contributed by atoms with E-state index in [1.807, 2.05) is 30.5 Å². The van der Waals surface area contributed by atoms with E-state index in [0.29, 0.717) is 18.9 Å². The molecular formula is C28H22F2N8. The molecule has 6 aromatic rings. The lowest BCUT2D eigenvalue weighted by Crippen LogP contribution is -2.24. The van der Waals surface area contributed by atoms with E-state index in [9.17, 15) is 8.78 Å². The van der Waals surface area contributed by atoms with Gasteiger partial charge in [-0.15, -0.1) is 0 Å². The SMILES string of the molecule is FC1(F)CCN(Cc2cncc(-c3cnc4[nH]cc(-c5nc6c(-c7ccncc7)cncc6[nH]5)c4c3)c2)C1. The van der Waals surface area contributed by atoms with Crippen molar-refractivity contribution in [3.8, 4) is 33.6 Å². The minimum Gasteiger partial charge on any atom is -0.345 e. The third-order valence-corrected chi connectivity index (χ3v) is 6.95. The highest BCUT2D eigenvalue weighted by Gasteiger charge is 2.37. The highest BCUT2D eigenvalue weighted by atomic mass is 19.3. The summed E-state index contributed by atoms with van der Waals surface area (Å²) in [6.45, 7) is 0.606. The van der Waals surface area contributed by atoms with Crippen LogP contribution in [0.1, 0.15) is 12.0 Å². The Bertz CT molecular complexity index is 1780. The fraction of sp³-hybridized carbons (Fsp3) is 0.179. The lowest BCUT2D eigenvalue weighted by Gasteiger charge is -2.15. The Hall–Kier alpha value is -4.57. The first-order valence-corrected chi connectivity index (χ1v) is 12.3. The summed E-state index contributed by atoms with van der Waals surface area (Å²) in [6, 6.07) is 7.91. The molecule has 0 amide bonds. The van der Waals surface area contributed by atoms with Gasteiger partial charge in [0, 0.05) is 90.5 Å². The van der Waals surface area contributed by atoms with Crippen LogP contribution in [0.25, 0.3) is 55.7 Å². The number of nitrogens with one attached hydrogen (secondary N) is 2. The van der Waals surface area contributed by atoms with Crippen molar-refractivity contribution in [2.24, 2.45) is 0 Å². The summed E-state index contributed by atoms with van der Waals surface area (Å²) in [5.41, 5.74) is 7.84. The van der Waals surface area contributed by atoms with Crippen LogP contribution < -0.4 is 0 Å². The van der Waals surface area contributed by atoms with Gasteiger partial charge in [-0.05, 0) is 35.4 Å². The van der Waals surface area contributed by atoms with E-state index in [1.54, 1.807) is 48.3 Å². The Morgan fingerprint density at radius 1 is 0.895 bits per heavy atom. The lowest BCUT2D eigenvalue weighted by molar-refractivity contribution is 0.0115. The normalized spacial score (nSPS) is 15.5. The molecule has 1 saturated heterocycles. The van der Waals surface area contributed by atoms with Crippen LogP contribution in [0.3, 0.4) is 0 Å². The molecule has 0 saturated carbocycles. The Morgan fingerprint density at radius 3 is 2.58 bits per heavy atom. The summed E-state index contributed by atoms with van der Waals surface area (Å²) in [5.74, 6) is -1.91. The summed E-state index contributed by atoms with van der Waals surface area (Å²) in [7, 11) is 0. The van der Waals surface area contributed by atoms with Gasteiger partial charge in [0.25, 0.3) is 5.92 Å². The minimum absolute atomic E-state index is 0.0983. The van der Waals surface area contributed by atoms with Crippen molar-refractivity contribution in [3.63, 3.8) is 0 Å². The van der Waals surface area contributed by atoms with Gasteiger partial charge in [-0.2, -0.15) is 0 Å². The van der Waals surface area contributed by atoms with Gasteiger partial charge in [-0.25, -0.2) is 18.7 Å². The third-order valence-electron chi connectivity index (χ3n) is 6.95. The lowest BCUT2D eigenvalue weighted by atomic mass is 10.1. The molecule has 1 fully saturated rings. The number of hydrogen-bond donors (Lipinski definition) is 2. The van der Waals surface area contributed by atoms with Crippen molar-refractivity contribution < 1.29 is 8.78 Å². The Labute approximate surface area is 215 Å². The van der Waals surface area contributed by atoms with E-state index in [0.717, 1.165) is 55.4 Å². The predicted octanol–water partition coefficient (Wildman–Crippen LogP) is 5.47. The summed E-state index contributed by atoms with van der Waals surface area (Å²) < 4.78 is 27.3. The van der Waals surface area contributed by atoms with Gasteiger partial charge in [0.05, 0.1) is 23.8 Å². The maximum atomic E-state index is 13.6. The molecule has 0 aliphatic carbocycles. The van der Waals surface area contributed by atoms with Crippen LogP contribution in [0.4, 0.5) is 8.78 Å². The minimum atomic E-state index is -2.61. The number of fused-ring (bicyclic) bond motifs is 2. The molecule has 7 rings (SSSR count). The number of halogens is 2. The van der Waals surface area contributed by atoms with Crippen LogP contribution in [-0.4, -0.2) is 58.8 Å². The monoisotopic (exact) mass is 508 g/mol. The van der Waals surface area contributed by atoms with Gasteiger partial charge < -0.3 is 9.97 Å². The first-order chi connectivity index (χ1) is 18.5. The van der Waals surface area contributed by atoms with Crippen molar-refractivity contribution in [3.05, 3.63) is 79.4 Å². The highest BCUT2D eigenvalue weighted by molar-refractivity contribution is 5.98. The van der Waals surface area contributed by atoms with Crippen molar-refractivity contribution >= 4 is 22.1 Å². The molecule has 0 radical (unpaired) electrons. The topological polar surface area (TPSA) is 99.3 Å². The Morgan fingerprint density at radius 2 is 1.74 bits per heavy atom. The molecular weight excluding hydrogens is 486 g/mol. The van der Waals surface area contributed by atoms with E-state index >= 15 is 0 Å². The van der Waals surface area contributed by atoms with Gasteiger partial charge in [0.2, 0.25) is 0 Å². The second-order valence-electron chi connectivity index (χ2n) is 9.63. The van der Waals surface area contributed by atoms with E-state index in [-0.39, 0.29) is 13.0 Å². The van der Waals surface area contributed by atoms with Crippen LogP contribution in [0, 0.1) is 0 Å². The van der Waals surface area contributed by atoms with E-state index < -0.39 is 5.92 Å². The summed E-state index contributed by atoms with van der Waals surface area (Å²) in [5, 5.41) is 0.907. The van der Waals surface area contributed by atoms with Crippen LogP contribution in [0.5, 0.6) is 0 Å². The number of nitrogens with zero attached hydrogens (tertiary/aromatic N) is 6. The zero-order chi connectivity index (χ0) is 25.7. The molecule has 0 bridgehead atoms. The molecule has 10 heteroatoms. The first kappa shape index (κ1) is 22.6. The molecule has 0 atom stereocenters. The zero-order valence-electron chi connectivity index (χ0n) is 20.2. The number of hydrogen-bond acceptors (Lipinski definition) is 6. The average Bonchev–Trinajstić information content (AvgIpc) is 3.64. The summed E-state index contributed by atoms with van der Waals surface area (Å²) in [6.07, 6.45) is 14.2. The molecule has 0 unspecified atom stereocenters. The predicted molar refractivity (Wildman–Crippen MR) is 140 cm³/mol. The molecule has 38 heavy (non-hydrogen) atoms. The first-order valence-electron chi connectivity index (χ1n) is 12.3. The Kier molecular flexibility index (Phi) is 5.22. The van der Waals surface area contributed by atoms with Crippen molar-refractivity contribution in [1.82, 2.24) is 39.8 Å². The molecule has 1 aliphatic rings. The number of aromatic nitrogens is 7. The van der Waals surface area contributed by atoms with Gasteiger partial charge >= 0.3 is 0 Å². The van der Waals surface area contributed by atoms with Crippen LogP contribution in [0.2, 0.25) is 0 Å². The van der Waals surface area contributed by atoms with Crippen molar-refractivity contribution in [2.45, 2.75) is 18.9 Å². The average molecular weight is 509 g/mol. The number of imidazole rings is 1. The van der Waals surface area contributed by atoms with Crippen LogP contribution >= 0.6 is 0 Å². The molecule has 7 heterocycles. The second-order valence-corrected chi connectivity index (χ2v) is 9.63. The van der Waals surface area contributed by atoms with Gasteiger partial charge in [0.1, 0.15) is 11.5 Å². The van der Waals surface area contributed by atoms with Gasteiger partial charge in [0.15, 0.2) is 0 Å². The largest absolute Gasteiger partial charge is 0.345 e. The van der Waals surface area contributed by atoms with Crippen molar-refractivity contribution in [2.75, 3.05) is 13.1 Å². The quantitative estimate of drug-likeness (QED) is 0.321.